The summed E-state index contributed by atoms with van der Waals surface area (Å²) >= 11 is 0. The summed E-state index contributed by atoms with van der Waals surface area (Å²) in [5.41, 5.74) is 4.43. The van der Waals surface area contributed by atoms with Gasteiger partial charge in [0.2, 0.25) is 10.0 Å². The summed E-state index contributed by atoms with van der Waals surface area (Å²) in [5.74, 6) is 0.551. The molecule has 4 heteroatoms. The Hall–Kier alpha value is -1.65. The van der Waals surface area contributed by atoms with Crippen LogP contribution in [-0.2, 0) is 16.4 Å². The van der Waals surface area contributed by atoms with Crippen LogP contribution in [0.3, 0.4) is 0 Å². The second kappa shape index (κ2) is 7.49. The minimum Gasteiger partial charge on any atom is -0.207 e. The highest BCUT2D eigenvalue weighted by molar-refractivity contribution is 7.89. The number of hydrogen-bond acceptors (Lipinski definition) is 2. The second-order valence-corrected chi connectivity index (χ2v) is 8.66. The first-order valence-electron chi connectivity index (χ1n) is 8.37. The van der Waals surface area contributed by atoms with Crippen molar-refractivity contribution in [2.75, 3.05) is 0 Å². The first kappa shape index (κ1) is 18.7. The van der Waals surface area contributed by atoms with E-state index in [4.69, 9.17) is 0 Å². The van der Waals surface area contributed by atoms with Crippen molar-refractivity contribution in [2.24, 2.45) is 5.92 Å². The van der Waals surface area contributed by atoms with E-state index >= 15 is 0 Å². The Labute approximate surface area is 146 Å². The Morgan fingerprint density at radius 1 is 0.958 bits per heavy atom. The molecule has 0 aliphatic heterocycles. The third-order valence-electron chi connectivity index (χ3n) is 4.10. The van der Waals surface area contributed by atoms with Crippen LogP contribution in [0.4, 0.5) is 0 Å². The smallest absolute Gasteiger partial charge is 0.207 e. The molecule has 0 fully saturated rings. The van der Waals surface area contributed by atoms with Crippen molar-refractivity contribution in [3.05, 3.63) is 64.7 Å². The van der Waals surface area contributed by atoms with E-state index in [1.165, 1.54) is 5.56 Å². The second-order valence-electron chi connectivity index (χ2n) is 6.94. The average molecular weight is 346 g/mol. The zero-order valence-electron chi connectivity index (χ0n) is 15.1. The highest BCUT2D eigenvalue weighted by Gasteiger charge is 2.19. The van der Waals surface area contributed by atoms with Crippen molar-refractivity contribution in [1.82, 2.24) is 4.72 Å². The lowest BCUT2D eigenvalue weighted by Crippen LogP contribution is -2.27. The van der Waals surface area contributed by atoms with Crippen LogP contribution in [0.25, 0.3) is 0 Å². The Kier molecular flexibility index (Phi) is 5.83. The topological polar surface area (TPSA) is 46.2 Å². The predicted octanol–water partition coefficient (Wildman–Crippen LogP) is 4.54. The van der Waals surface area contributed by atoms with E-state index in [9.17, 15) is 8.42 Å². The number of rotatable bonds is 6. The van der Waals surface area contributed by atoms with E-state index in [-0.39, 0.29) is 6.04 Å². The number of aryl methyl sites for hydroxylation is 2. The standard InChI is InChI=1S/C20H27NO2S/c1-14(2)12-18-7-9-19(10-8-18)24(22,23)21-17(5)20-11-6-15(3)13-16(20)4/h6-11,13-14,17,21H,12H2,1-5H3. The van der Waals surface area contributed by atoms with Gasteiger partial charge in [-0.25, -0.2) is 13.1 Å². The fraction of sp³-hybridized carbons (Fsp3) is 0.400. The molecule has 0 bridgehead atoms. The highest BCUT2D eigenvalue weighted by Crippen LogP contribution is 2.21. The Bertz CT molecular complexity index is 793. The predicted molar refractivity (Wildman–Crippen MR) is 99.6 cm³/mol. The van der Waals surface area contributed by atoms with Crippen molar-refractivity contribution in [3.8, 4) is 0 Å². The maximum atomic E-state index is 12.6. The zero-order valence-corrected chi connectivity index (χ0v) is 15.9. The normalized spacial score (nSPS) is 13.2. The summed E-state index contributed by atoms with van der Waals surface area (Å²) in [6.07, 6.45) is 0.951. The molecule has 1 N–H and O–H groups in total. The van der Waals surface area contributed by atoms with Crippen molar-refractivity contribution in [3.63, 3.8) is 0 Å². The van der Waals surface area contributed by atoms with Crippen LogP contribution in [0.5, 0.6) is 0 Å². The van der Waals surface area contributed by atoms with Crippen LogP contribution < -0.4 is 4.72 Å². The van der Waals surface area contributed by atoms with Crippen molar-refractivity contribution in [2.45, 2.75) is 52.0 Å². The van der Waals surface area contributed by atoms with Gasteiger partial charge in [0.25, 0.3) is 0 Å². The SMILES string of the molecule is Cc1ccc(C(C)NS(=O)(=O)c2ccc(CC(C)C)cc2)c(C)c1. The van der Waals surface area contributed by atoms with Gasteiger partial charge >= 0.3 is 0 Å². The maximum Gasteiger partial charge on any atom is 0.241 e. The fourth-order valence-electron chi connectivity index (χ4n) is 2.95. The van der Waals surface area contributed by atoms with E-state index in [1.807, 2.05) is 45.0 Å². The molecule has 0 saturated heterocycles. The lowest BCUT2D eigenvalue weighted by molar-refractivity contribution is 0.566. The van der Waals surface area contributed by atoms with E-state index < -0.39 is 10.0 Å². The minimum atomic E-state index is -3.53. The molecule has 0 saturated carbocycles. The van der Waals surface area contributed by atoms with Gasteiger partial charge in [0.1, 0.15) is 0 Å². The van der Waals surface area contributed by atoms with Crippen molar-refractivity contribution in [1.29, 1.82) is 0 Å². The lowest BCUT2D eigenvalue weighted by atomic mass is 10.0. The van der Waals surface area contributed by atoms with E-state index in [0.717, 1.165) is 23.1 Å². The number of sulfonamides is 1. The molecule has 0 aliphatic rings. The third kappa shape index (κ3) is 4.68. The lowest BCUT2D eigenvalue weighted by Gasteiger charge is -2.17. The molecular formula is C20H27NO2S. The van der Waals surface area contributed by atoms with Crippen molar-refractivity contribution < 1.29 is 8.42 Å². The molecule has 2 aromatic carbocycles. The molecule has 0 radical (unpaired) electrons. The number of hydrogen-bond donors (Lipinski definition) is 1. The summed E-state index contributed by atoms with van der Waals surface area (Å²) in [6, 6.07) is 13.0. The van der Waals surface area contributed by atoms with Gasteiger partial charge in [-0.1, -0.05) is 49.7 Å². The summed E-state index contributed by atoms with van der Waals surface area (Å²) in [5, 5.41) is 0. The average Bonchev–Trinajstić information content (AvgIpc) is 2.46. The molecule has 2 rings (SSSR count). The molecule has 0 spiro atoms. The molecule has 1 atom stereocenters. The third-order valence-corrected chi connectivity index (χ3v) is 5.66. The molecular weight excluding hydrogens is 318 g/mol. The van der Waals surface area contributed by atoms with Gasteiger partial charge in [-0.15, -0.1) is 0 Å². The summed E-state index contributed by atoms with van der Waals surface area (Å²) in [7, 11) is -3.53. The molecule has 0 aromatic heterocycles. The molecule has 0 amide bonds. The first-order chi connectivity index (χ1) is 11.2. The molecule has 1 unspecified atom stereocenters. The molecule has 24 heavy (non-hydrogen) atoms. The van der Waals surface area contributed by atoms with E-state index in [1.54, 1.807) is 12.1 Å². The van der Waals surface area contributed by atoms with Crippen molar-refractivity contribution >= 4 is 10.0 Å². The summed E-state index contributed by atoms with van der Waals surface area (Å²) in [6.45, 7) is 10.2. The monoisotopic (exact) mass is 345 g/mol. The van der Waals surface area contributed by atoms with Gasteiger partial charge in [0.05, 0.1) is 4.90 Å². The van der Waals surface area contributed by atoms with Gasteiger partial charge in [-0.2, -0.15) is 0 Å². The molecule has 2 aromatic rings. The van der Waals surface area contributed by atoms with Crippen LogP contribution in [0.1, 0.15) is 49.1 Å². The zero-order chi connectivity index (χ0) is 17.9. The Morgan fingerprint density at radius 2 is 1.58 bits per heavy atom. The van der Waals surface area contributed by atoms with Crippen LogP contribution in [0.15, 0.2) is 47.4 Å². The summed E-state index contributed by atoms with van der Waals surface area (Å²) < 4.78 is 28.0. The number of benzene rings is 2. The van der Waals surface area contributed by atoms with Gasteiger partial charge < -0.3 is 0 Å². The quantitative estimate of drug-likeness (QED) is 0.835. The van der Waals surface area contributed by atoms with Crippen LogP contribution in [0, 0.1) is 19.8 Å². The maximum absolute atomic E-state index is 12.6. The van der Waals surface area contributed by atoms with E-state index in [0.29, 0.717) is 10.8 Å². The van der Waals surface area contributed by atoms with Crippen LogP contribution >= 0.6 is 0 Å². The molecule has 0 aliphatic carbocycles. The van der Waals surface area contributed by atoms with Gasteiger partial charge in [-0.3, -0.25) is 0 Å². The van der Waals surface area contributed by atoms with Gasteiger partial charge in [0, 0.05) is 6.04 Å². The number of nitrogens with one attached hydrogen (secondary N) is 1. The fourth-order valence-corrected chi connectivity index (χ4v) is 4.17. The van der Waals surface area contributed by atoms with Gasteiger partial charge in [-0.05, 0) is 61.9 Å². The molecule has 3 nitrogen and oxygen atoms in total. The highest BCUT2D eigenvalue weighted by atomic mass is 32.2. The van der Waals surface area contributed by atoms with Crippen LogP contribution in [-0.4, -0.2) is 8.42 Å². The molecule has 0 heterocycles. The van der Waals surface area contributed by atoms with Gasteiger partial charge in [0.15, 0.2) is 0 Å². The van der Waals surface area contributed by atoms with Crippen LogP contribution in [0.2, 0.25) is 0 Å². The largest absolute Gasteiger partial charge is 0.241 e. The molecule has 130 valence electrons. The first-order valence-corrected chi connectivity index (χ1v) is 9.86. The Balaban J connectivity index is 2.18. The minimum absolute atomic E-state index is 0.272. The summed E-state index contributed by atoms with van der Waals surface area (Å²) in [4.78, 5) is 0.312. The Morgan fingerprint density at radius 3 is 2.12 bits per heavy atom. The van der Waals surface area contributed by atoms with E-state index in [2.05, 4.69) is 24.6 Å².